The summed E-state index contributed by atoms with van der Waals surface area (Å²) in [5, 5.41) is 0. The number of benzene rings is 2. The molecule has 0 radical (unpaired) electrons. The Labute approximate surface area is 142 Å². The van der Waals surface area contributed by atoms with Crippen LogP contribution in [0.2, 0.25) is 0 Å². The summed E-state index contributed by atoms with van der Waals surface area (Å²) < 4.78 is 4.86. The molecule has 1 amide bonds. The number of imidazole rings is 1. The highest BCUT2D eigenvalue weighted by Gasteiger charge is 2.37. The van der Waals surface area contributed by atoms with Crippen LogP contribution in [-0.4, -0.2) is 35.5 Å². The molecule has 1 aromatic heterocycles. The maximum absolute atomic E-state index is 13.0. The zero-order valence-electron chi connectivity index (χ0n) is 13.4. The van der Waals surface area contributed by atoms with E-state index in [-0.39, 0.29) is 24.1 Å². The van der Waals surface area contributed by atoms with E-state index in [0.29, 0.717) is 22.3 Å². The molecule has 126 valence electrons. The van der Waals surface area contributed by atoms with Gasteiger partial charge in [-0.25, -0.2) is 4.79 Å². The van der Waals surface area contributed by atoms with Gasteiger partial charge in [0.15, 0.2) is 0 Å². The summed E-state index contributed by atoms with van der Waals surface area (Å²) in [7, 11) is 1.34. The summed E-state index contributed by atoms with van der Waals surface area (Å²) in [6.07, 6.45) is 0. The van der Waals surface area contributed by atoms with Gasteiger partial charge in [0.05, 0.1) is 18.1 Å². The molecule has 3 aromatic rings. The number of aromatic amines is 2. The van der Waals surface area contributed by atoms with Crippen LogP contribution in [0.15, 0.2) is 47.3 Å². The minimum absolute atomic E-state index is 0.229. The molecular formula is C18H15N3O4. The number of ether oxygens (including phenoxy) is 1. The van der Waals surface area contributed by atoms with Crippen LogP contribution in [0.5, 0.6) is 0 Å². The summed E-state index contributed by atoms with van der Waals surface area (Å²) in [4.78, 5) is 43.3. The van der Waals surface area contributed by atoms with Crippen molar-refractivity contribution < 1.29 is 14.3 Å². The molecule has 0 saturated heterocycles. The molecule has 0 aliphatic carbocycles. The predicted octanol–water partition coefficient (Wildman–Crippen LogP) is 1.77. The maximum atomic E-state index is 13.0. The number of carbonyl (C=O) groups is 2. The van der Waals surface area contributed by atoms with Crippen LogP contribution in [0, 0.1) is 0 Å². The van der Waals surface area contributed by atoms with Crippen molar-refractivity contribution in [1.82, 2.24) is 9.97 Å². The van der Waals surface area contributed by atoms with Crippen LogP contribution in [0.3, 0.4) is 0 Å². The Bertz CT molecular complexity index is 1050. The van der Waals surface area contributed by atoms with E-state index >= 15 is 0 Å². The van der Waals surface area contributed by atoms with Gasteiger partial charge in [-0.2, -0.15) is 0 Å². The molecular weight excluding hydrogens is 322 g/mol. The largest absolute Gasteiger partial charge is 0.468 e. The molecule has 2 N–H and O–H groups in total. The highest BCUT2D eigenvalue weighted by molar-refractivity contribution is 6.10. The first-order chi connectivity index (χ1) is 12.1. The minimum Gasteiger partial charge on any atom is -0.468 e. The number of carbonyl (C=O) groups excluding carboxylic acids is 2. The Morgan fingerprint density at radius 1 is 1.12 bits per heavy atom. The number of nitrogens with zero attached hydrogens (tertiary/aromatic N) is 1. The smallest absolute Gasteiger partial charge is 0.323 e. The highest BCUT2D eigenvalue weighted by Crippen LogP contribution is 2.37. The Kier molecular flexibility index (Phi) is 3.42. The van der Waals surface area contributed by atoms with Gasteiger partial charge in [0.25, 0.3) is 5.91 Å². The second-order valence-electron chi connectivity index (χ2n) is 5.89. The number of rotatable bonds is 2. The zero-order valence-corrected chi connectivity index (χ0v) is 13.4. The van der Waals surface area contributed by atoms with E-state index in [0.717, 1.165) is 5.56 Å². The van der Waals surface area contributed by atoms with E-state index in [1.807, 2.05) is 24.3 Å². The first kappa shape index (κ1) is 15.2. The third-order valence-corrected chi connectivity index (χ3v) is 4.46. The van der Waals surface area contributed by atoms with Crippen LogP contribution in [0.1, 0.15) is 21.8 Å². The fourth-order valence-corrected chi connectivity index (χ4v) is 3.26. The quantitative estimate of drug-likeness (QED) is 0.697. The van der Waals surface area contributed by atoms with Crippen molar-refractivity contribution in [3.05, 3.63) is 64.1 Å². The van der Waals surface area contributed by atoms with Gasteiger partial charge in [-0.3, -0.25) is 9.59 Å². The molecule has 7 nitrogen and oxygen atoms in total. The van der Waals surface area contributed by atoms with Crippen molar-refractivity contribution in [3.8, 4) is 0 Å². The summed E-state index contributed by atoms with van der Waals surface area (Å²) in [5.74, 6) is -1.10. The Hall–Kier alpha value is -3.35. The van der Waals surface area contributed by atoms with Crippen LogP contribution in [0.4, 0.5) is 5.69 Å². The molecule has 1 aliphatic heterocycles. The zero-order chi connectivity index (χ0) is 17.6. The first-order valence-electron chi connectivity index (χ1n) is 7.79. The Morgan fingerprint density at radius 2 is 1.88 bits per heavy atom. The molecule has 0 fully saturated rings. The van der Waals surface area contributed by atoms with Crippen molar-refractivity contribution in [2.24, 2.45) is 0 Å². The average molecular weight is 337 g/mol. The second-order valence-corrected chi connectivity index (χ2v) is 5.89. The third kappa shape index (κ3) is 2.40. The van der Waals surface area contributed by atoms with Crippen molar-refractivity contribution >= 4 is 28.6 Å². The van der Waals surface area contributed by atoms with Gasteiger partial charge in [-0.15, -0.1) is 0 Å². The molecule has 1 atom stereocenters. The molecule has 7 heteroatoms. The number of amides is 1. The van der Waals surface area contributed by atoms with E-state index in [1.54, 1.807) is 23.1 Å². The molecule has 4 rings (SSSR count). The summed E-state index contributed by atoms with van der Waals surface area (Å²) in [5.41, 5.74) is 2.79. The van der Waals surface area contributed by atoms with Crippen LogP contribution in [0.25, 0.3) is 11.0 Å². The third-order valence-electron chi connectivity index (χ3n) is 4.46. The number of fused-ring (bicyclic) bond motifs is 2. The Balaban J connectivity index is 1.74. The number of anilines is 1. The number of hydrogen-bond acceptors (Lipinski definition) is 4. The minimum atomic E-state index is -0.499. The molecule has 0 bridgehead atoms. The predicted molar refractivity (Wildman–Crippen MR) is 91.8 cm³/mol. The monoisotopic (exact) mass is 337 g/mol. The number of methoxy groups -OCH3 is 1. The molecule has 0 saturated carbocycles. The van der Waals surface area contributed by atoms with Gasteiger partial charge >= 0.3 is 11.7 Å². The summed E-state index contributed by atoms with van der Waals surface area (Å²) in [6, 6.07) is 12.3. The maximum Gasteiger partial charge on any atom is 0.323 e. The lowest BCUT2D eigenvalue weighted by molar-refractivity contribution is -0.141. The molecule has 1 aliphatic rings. The van der Waals surface area contributed by atoms with Crippen LogP contribution < -0.4 is 10.6 Å². The molecule has 2 heterocycles. The second kappa shape index (κ2) is 5.62. The van der Waals surface area contributed by atoms with E-state index < -0.39 is 5.92 Å². The molecule has 25 heavy (non-hydrogen) atoms. The number of nitrogens with one attached hydrogen (secondary N) is 2. The van der Waals surface area contributed by atoms with Crippen LogP contribution in [-0.2, 0) is 9.53 Å². The van der Waals surface area contributed by atoms with Gasteiger partial charge in [0.1, 0.15) is 5.92 Å². The SMILES string of the molecule is COC(=O)C1CN(C(=O)c2ccc3[nH]c(=O)[nH]c3c2)c2ccccc21. The summed E-state index contributed by atoms with van der Waals surface area (Å²) in [6.45, 7) is 0.229. The number of esters is 1. The fourth-order valence-electron chi connectivity index (χ4n) is 3.26. The van der Waals surface area contributed by atoms with Gasteiger partial charge < -0.3 is 19.6 Å². The number of para-hydroxylation sites is 1. The van der Waals surface area contributed by atoms with Crippen molar-refractivity contribution in [2.75, 3.05) is 18.6 Å². The normalized spacial score (nSPS) is 16.0. The first-order valence-corrected chi connectivity index (χ1v) is 7.79. The molecule has 0 spiro atoms. The number of hydrogen-bond donors (Lipinski definition) is 2. The lowest BCUT2D eigenvalue weighted by Gasteiger charge is -2.17. The van der Waals surface area contributed by atoms with Gasteiger partial charge in [0, 0.05) is 17.8 Å². The number of aromatic nitrogens is 2. The van der Waals surface area contributed by atoms with Crippen molar-refractivity contribution in [2.45, 2.75) is 5.92 Å². The van der Waals surface area contributed by atoms with E-state index in [4.69, 9.17) is 4.74 Å². The molecule has 2 aromatic carbocycles. The lowest BCUT2D eigenvalue weighted by atomic mass is 10.0. The standard InChI is InChI=1S/C18H15N3O4/c1-25-17(23)12-9-21(15-5-3-2-4-11(12)15)16(22)10-6-7-13-14(8-10)20-18(24)19-13/h2-8,12H,9H2,1H3,(H2,19,20,24). The van der Waals surface area contributed by atoms with E-state index in [9.17, 15) is 14.4 Å². The Morgan fingerprint density at radius 3 is 2.68 bits per heavy atom. The number of H-pyrrole nitrogens is 2. The van der Waals surface area contributed by atoms with Gasteiger partial charge in [-0.05, 0) is 29.8 Å². The van der Waals surface area contributed by atoms with E-state index in [2.05, 4.69) is 9.97 Å². The molecule has 1 unspecified atom stereocenters. The lowest BCUT2D eigenvalue weighted by Crippen LogP contribution is -2.31. The summed E-state index contributed by atoms with van der Waals surface area (Å²) >= 11 is 0. The fraction of sp³-hybridized carbons (Fsp3) is 0.167. The van der Waals surface area contributed by atoms with Crippen molar-refractivity contribution in [3.63, 3.8) is 0 Å². The highest BCUT2D eigenvalue weighted by atomic mass is 16.5. The van der Waals surface area contributed by atoms with Gasteiger partial charge in [-0.1, -0.05) is 18.2 Å². The van der Waals surface area contributed by atoms with Crippen LogP contribution >= 0.6 is 0 Å². The van der Waals surface area contributed by atoms with E-state index in [1.165, 1.54) is 7.11 Å². The topological polar surface area (TPSA) is 95.3 Å². The van der Waals surface area contributed by atoms with Crippen molar-refractivity contribution in [1.29, 1.82) is 0 Å². The average Bonchev–Trinajstić information content (AvgIpc) is 3.19. The van der Waals surface area contributed by atoms with Gasteiger partial charge in [0.2, 0.25) is 0 Å².